The van der Waals surface area contributed by atoms with Crippen LogP contribution < -0.4 is 10.6 Å². The molecule has 5 heteroatoms. The Bertz CT molecular complexity index is 207. The van der Waals surface area contributed by atoms with E-state index < -0.39 is 0 Å². The first-order chi connectivity index (χ1) is 7.41. The number of ether oxygens (including phenoxy) is 2. The molecule has 16 heavy (non-hydrogen) atoms. The van der Waals surface area contributed by atoms with Gasteiger partial charge in [0.2, 0.25) is 5.91 Å². The summed E-state index contributed by atoms with van der Waals surface area (Å²) in [7, 11) is 3.27. The molecule has 0 aliphatic heterocycles. The molecule has 1 atom stereocenters. The van der Waals surface area contributed by atoms with Gasteiger partial charge in [0, 0.05) is 26.8 Å². The predicted molar refractivity (Wildman–Crippen MR) is 63.4 cm³/mol. The Labute approximate surface area is 97.9 Å². The quantitative estimate of drug-likeness (QED) is 0.625. The summed E-state index contributed by atoms with van der Waals surface area (Å²) in [4.78, 5) is 11.4. The lowest BCUT2D eigenvalue weighted by Gasteiger charge is -2.23. The van der Waals surface area contributed by atoms with Crippen LogP contribution >= 0.6 is 0 Å². The number of rotatable bonds is 8. The smallest absolute Gasteiger partial charge is 0.234 e. The summed E-state index contributed by atoms with van der Waals surface area (Å²) in [6.07, 6.45) is 0. The first-order valence-electron chi connectivity index (χ1n) is 5.45. The van der Waals surface area contributed by atoms with Crippen LogP contribution in [0.1, 0.15) is 20.8 Å². The van der Waals surface area contributed by atoms with Crippen LogP contribution in [0.25, 0.3) is 0 Å². The molecule has 5 nitrogen and oxygen atoms in total. The van der Waals surface area contributed by atoms with Crippen molar-refractivity contribution in [1.82, 2.24) is 10.6 Å². The Morgan fingerprint density at radius 1 is 1.38 bits per heavy atom. The standard InChI is InChI=1S/C11H24N2O3/c1-9(7-15-4)13-10(14)6-12-8-11(2,3)16-5/h9,12H,6-8H2,1-5H3,(H,13,14). The van der Waals surface area contributed by atoms with E-state index in [0.29, 0.717) is 19.7 Å². The number of hydrogen-bond acceptors (Lipinski definition) is 4. The highest BCUT2D eigenvalue weighted by molar-refractivity contribution is 5.78. The van der Waals surface area contributed by atoms with E-state index in [9.17, 15) is 4.79 Å². The number of carbonyl (C=O) groups is 1. The maximum atomic E-state index is 11.4. The maximum absolute atomic E-state index is 11.4. The Morgan fingerprint density at radius 3 is 2.50 bits per heavy atom. The molecule has 96 valence electrons. The molecule has 0 saturated carbocycles. The summed E-state index contributed by atoms with van der Waals surface area (Å²) in [5, 5.41) is 5.86. The third-order valence-corrected chi connectivity index (χ3v) is 2.21. The van der Waals surface area contributed by atoms with E-state index in [4.69, 9.17) is 9.47 Å². The van der Waals surface area contributed by atoms with Gasteiger partial charge >= 0.3 is 0 Å². The molecule has 1 unspecified atom stereocenters. The van der Waals surface area contributed by atoms with E-state index in [-0.39, 0.29) is 17.6 Å². The summed E-state index contributed by atoms with van der Waals surface area (Å²) in [6, 6.07) is 0.0368. The van der Waals surface area contributed by atoms with Gasteiger partial charge in [-0.3, -0.25) is 4.79 Å². The van der Waals surface area contributed by atoms with Crippen LogP contribution in [0.15, 0.2) is 0 Å². The fourth-order valence-electron chi connectivity index (χ4n) is 1.17. The molecule has 0 saturated heterocycles. The minimum atomic E-state index is -0.252. The summed E-state index contributed by atoms with van der Waals surface area (Å²) >= 11 is 0. The van der Waals surface area contributed by atoms with Gasteiger partial charge in [-0.05, 0) is 20.8 Å². The summed E-state index contributed by atoms with van der Waals surface area (Å²) in [5.74, 6) is -0.0311. The van der Waals surface area contributed by atoms with Crippen LogP contribution in [0.5, 0.6) is 0 Å². The third kappa shape index (κ3) is 7.62. The van der Waals surface area contributed by atoms with E-state index in [1.165, 1.54) is 0 Å². The molecule has 0 spiro atoms. The fourth-order valence-corrected chi connectivity index (χ4v) is 1.17. The van der Waals surface area contributed by atoms with Gasteiger partial charge in [-0.25, -0.2) is 0 Å². The van der Waals surface area contributed by atoms with E-state index in [0.717, 1.165) is 0 Å². The van der Waals surface area contributed by atoms with Gasteiger partial charge in [-0.15, -0.1) is 0 Å². The zero-order valence-corrected chi connectivity index (χ0v) is 10.9. The molecule has 0 fully saturated rings. The average molecular weight is 232 g/mol. The molecular weight excluding hydrogens is 208 g/mol. The van der Waals surface area contributed by atoms with E-state index >= 15 is 0 Å². The highest BCUT2D eigenvalue weighted by Gasteiger charge is 2.16. The van der Waals surface area contributed by atoms with E-state index in [1.807, 2.05) is 20.8 Å². The van der Waals surface area contributed by atoms with Gasteiger partial charge in [-0.1, -0.05) is 0 Å². The zero-order valence-electron chi connectivity index (χ0n) is 10.9. The molecule has 0 aromatic rings. The molecule has 0 bridgehead atoms. The van der Waals surface area contributed by atoms with Crippen molar-refractivity contribution in [2.45, 2.75) is 32.4 Å². The first-order valence-corrected chi connectivity index (χ1v) is 5.45. The average Bonchev–Trinajstić information content (AvgIpc) is 2.17. The van der Waals surface area contributed by atoms with Crippen LogP contribution in [0.3, 0.4) is 0 Å². The minimum absolute atomic E-state index is 0.0311. The van der Waals surface area contributed by atoms with Crippen LogP contribution in [0, 0.1) is 0 Å². The van der Waals surface area contributed by atoms with Crippen LogP contribution in [0.2, 0.25) is 0 Å². The Morgan fingerprint density at radius 2 is 2.00 bits per heavy atom. The van der Waals surface area contributed by atoms with Crippen molar-refractivity contribution in [3.63, 3.8) is 0 Å². The lowest BCUT2D eigenvalue weighted by Crippen LogP contribution is -2.44. The van der Waals surface area contributed by atoms with E-state index in [1.54, 1.807) is 14.2 Å². The number of hydrogen-bond donors (Lipinski definition) is 2. The second kappa shape index (κ2) is 7.60. The van der Waals surface area contributed by atoms with Gasteiger partial charge in [-0.2, -0.15) is 0 Å². The largest absolute Gasteiger partial charge is 0.383 e. The SMILES string of the molecule is COCC(C)NC(=O)CNCC(C)(C)OC. The monoisotopic (exact) mass is 232 g/mol. The van der Waals surface area contributed by atoms with Crippen molar-refractivity contribution in [3.05, 3.63) is 0 Å². The number of carbonyl (C=O) groups excluding carboxylic acids is 1. The number of amides is 1. The van der Waals surface area contributed by atoms with E-state index in [2.05, 4.69) is 10.6 Å². The minimum Gasteiger partial charge on any atom is -0.383 e. The number of methoxy groups -OCH3 is 2. The molecule has 0 aliphatic rings. The third-order valence-electron chi connectivity index (χ3n) is 2.21. The predicted octanol–water partition coefficient (Wildman–Crippen LogP) is 0.152. The number of nitrogens with one attached hydrogen (secondary N) is 2. The Kier molecular flexibility index (Phi) is 7.29. The zero-order chi connectivity index (χ0) is 12.6. The lowest BCUT2D eigenvalue weighted by molar-refractivity contribution is -0.121. The molecular formula is C11H24N2O3. The van der Waals surface area contributed by atoms with Crippen LogP contribution in [0.4, 0.5) is 0 Å². The van der Waals surface area contributed by atoms with Gasteiger partial charge in [0.25, 0.3) is 0 Å². The molecule has 0 rings (SSSR count). The van der Waals surface area contributed by atoms with Gasteiger partial charge < -0.3 is 20.1 Å². The summed E-state index contributed by atoms with van der Waals surface area (Å²) < 4.78 is 10.2. The Hall–Kier alpha value is -0.650. The molecule has 0 heterocycles. The second-order valence-corrected chi connectivity index (χ2v) is 4.49. The van der Waals surface area contributed by atoms with Gasteiger partial charge in [0.1, 0.15) is 0 Å². The van der Waals surface area contributed by atoms with Gasteiger partial charge in [0.15, 0.2) is 0 Å². The second-order valence-electron chi connectivity index (χ2n) is 4.49. The molecule has 0 radical (unpaired) electrons. The van der Waals surface area contributed by atoms with Crippen molar-refractivity contribution >= 4 is 5.91 Å². The van der Waals surface area contributed by atoms with Gasteiger partial charge in [0.05, 0.1) is 18.8 Å². The normalized spacial score (nSPS) is 13.6. The molecule has 0 aliphatic carbocycles. The van der Waals surface area contributed by atoms with Crippen molar-refractivity contribution in [1.29, 1.82) is 0 Å². The first kappa shape index (κ1) is 15.3. The van der Waals surface area contributed by atoms with Crippen LogP contribution in [-0.4, -0.2) is 51.5 Å². The lowest BCUT2D eigenvalue weighted by atomic mass is 10.1. The topological polar surface area (TPSA) is 59.6 Å². The van der Waals surface area contributed by atoms with Crippen LogP contribution in [-0.2, 0) is 14.3 Å². The summed E-state index contributed by atoms with van der Waals surface area (Å²) in [5.41, 5.74) is -0.252. The molecule has 2 N–H and O–H groups in total. The molecule has 1 amide bonds. The fraction of sp³-hybridized carbons (Fsp3) is 0.909. The van der Waals surface area contributed by atoms with Crippen molar-refractivity contribution in [2.75, 3.05) is 33.9 Å². The van der Waals surface area contributed by atoms with Crippen molar-refractivity contribution in [2.24, 2.45) is 0 Å². The Balaban J connectivity index is 3.66. The summed E-state index contributed by atoms with van der Waals surface area (Å²) in [6.45, 7) is 7.28. The highest BCUT2D eigenvalue weighted by atomic mass is 16.5. The highest BCUT2D eigenvalue weighted by Crippen LogP contribution is 2.03. The maximum Gasteiger partial charge on any atom is 0.234 e. The molecule has 0 aromatic carbocycles. The van der Waals surface area contributed by atoms with Crippen molar-refractivity contribution in [3.8, 4) is 0 Å². The molecule has 0 aromatic heterocycles. The van der Waals surface area contributed by atoms with Crippen molar-refractivity contribution < 1.29 is 14.3 Å².